The number of para-hydroxylation sites is 1. The summed E-state index contributed by atoms with van der Waals surface area (Å²) in [4.78, 5) is 32.7. The van der Waals surface area contributed by atoms with Gasteiger partial charge in [-0.1, -0.05) is 24.3 Å². The molecule has 2 amide bonds. The second-order valence-corrected chi connectivity index (χ2v) is 9.33. The summed E-state index contributed by atoms with van der Waals surface area (Å²) < 4.78 is 6.33. The summed E-state index contributed by atoms with van der Waals surface area (Å²) in [5.74, 6) is 0.687. The van der Waals surface area contributed by atoms with Crippen molar-refractivity contribution in [2.24, 2.45) is 0 Å². The standard InChI is InChI=1S/C24H23N3O3S2/c1-16(23-26-19-10-4-6-12-21(19)32-23)27(2)24(29)18-9-3-5-11-20(18)31-15-22(28)25-14-17-8-7-13-30-17/h3-13,16H,14-15H2,1-2H3,(H,25,28)/t16-/m0/s1. The van der Waals surface area contributed by atoms with Gasteiger partial charge in [0.05, 0.1) is 40.4 Å². The van der Waals surface area contributed by atoms with Crippen LogP contribution in [0, 0.1) is 0 Å². The third-order valence-electron chi connectivity index (χ3n) is 5.09. The zero-order valence-corrected chi connectivity index (χ0v) is 19.4. The number of aromatic nitrogens is 1. The molecule has 0 spiro atoms. The Morgan fingerprint density at radius 1 is 1.12 bits per heavy atom. The first-order chi connectivity index (χ1) is 15.5. The molecular formula is C24H23N3O3S2. The van der Waals surface area contributed by atoms with Crippen molar-refractivity contribution in [3.63, 3.8) is 0 Å². The maximum atomic E-state index is 13.3. The molecule has 0 aliphatic heterocycles. The molecule has 1 N–H and O–H groups in total. The Hall–Kier alpha value is -3.10. The van der Waals surface area contributed by atoms with E-state index in [4.69, 9.17) is 9.40 Å². The van der Waals surface area contributed by atoms with Gasteiger partial charge in [0.15, 0.2) is 0 Å². The van der Waals surface area contributed by atoms with Gasteiger partial charge in [0.1, 0.15) is 10.8 Å². The van der Waals surface area contributed by atoms with Crippen LogP contribution in [0.5, 0.6) is 0 Å². The van der Waals surface area contributed by atoms with Gasteiger partial charge in [0.25, 0.3) is 5.91 Å². The minimum Gasteiger partial charge on any atom is -0.467 e. The second kappa shape index (κ2) is 10.0. The number of hydrogen-bond acceptors (Lipinski definition) is 6. The summed E-state index contributed by atoms with van der Waals surface area (Å²) >= 11 is 2.94. The van der Waals surface area contributed by atoms with Gasteiger partial charge in [-0.05, 0) is 43.3 Å². The molecule has 0 saturated heterocycles. The van der Waals surface area contributed by atoms with Gasteiger partial charge in [0, 0.05) is 11.9 Å². The molecule has 0 aliphatic carbocycles. The van der Waals surface area contributed by atoms with Crippen LogP contribution in [0.25, 0.3) is 10.2 Å². The number of fused-ring (bicyclic) bond motifs is 1. The van der Waals surface area contributed by atoms with E-state index in [0.717, 1.165) is 20.1 Å². The SMILES string of the molecule is C[C@@H](c1nc2ccccc2s1)N(C)C(=O)c1ccccc1SCC(=O)NCc1ccco1. The lowest BCUT2D eigenvalue weighted by molar-refractivity contribution is -0.118. The summed E-state index contributed by atoms with van der Waals surface area (Å²) in [6.07, 6.45) is 1.57. The lowest BCUT2D eigenvalue weighted by Gasteiger charge is -2.24. The monoisotopic (exact) mass is 465 g/mol. The number of amides is 2. The van der Waals surface area contributed by atoms with Crippen LogP contribution in [0.2, 0.25) is 0 Å². The average molecular weight is 466 g/mol. The first kappa shape index (κ1) is 22.1. The predicted octanol–water partition coefficient (Wildman–Crippen LogP) is 5.13. The Labute approximate surface area is 194 Å². The van der Waals surface area contributed by atoms with Gasteiger partial charge >= 0.3 is 0 Å². The minimum atomic E-state index is -0.172. The molecule has 164 valence electrons. The number of nitrogens with one attached hydrogen (secondary N) is 1. The molecule has 6 nitrogen and oxygen atoms in total. The quantitative estimate of drug-likeness (QED) is 0.365. The highest BCUT2D eigenvalue weighted by molar-refractivity contribution is 8.00. The molecule has 0 radical (unpaired) electrons. The molecule has 2 heterocycles. The van der Waals surface area contributed by atoms with E-state index in [0.29, 0.717) is 17.9 Å². The molecule has 8 heteroatoms. The number of carbonyl (C=O) groups is 2. The molecule has 2 aromatic heterocycles. The smallest absolute Gasteiger partial charge is 0.255 e. The second-order valence-electron chi connectivity index (χ2n) is 7.25. The fourth-order valence-corrected chi connectivity index (χ4v) is 5.10. The summed E-state index contributed by atoms with van der Waals surface area (Å²) in [6, 6.07) is 18.8. The highest BCUT2D eigenvalue weighted by atomic mass is 32.2. The van der Waals surface area contributed by atoms with Crippen molar-refractivity contribution in [2.45, 2.75) is 24.4 Å². The number of thiazole rings is 1. The van der Waals surface area contributed by atoms with Gasteiger partial charge in [-0.3, -0.25) is 9.59 Å². The average Bonchev–Trinajstić information content (AvgIpc) is 3.50. The van der Waals surface area contributed by atoms with E-state index in [1.807, 2.05) is 55.5 Å². The molecule has 0 unspecified atom stereocenters. The van der Waals surface area contributed by atoms with E-state index in [-0.39, 0.29) is 23.6 Å². The van der Waals surface area contributed by atoms with Crippen LogP contribution < -0.4 is 5.32 Å². The van der Waals surface area contributed by atoms with E-state index in [2.05, 4.69) is 5.32 Å². The number of benzene rings is 2. The van der Waals surface area contributed by atoms with E-state index in [9.17, 15) is 9.59 Å². The Morgan fingerprint density at radius 2 is 1.91 bits per heavy atom. The molecule has 1 atom stereocenters. The number of furan rings is 1. The molecular weight excluding hydrogens is 442 g/mol. The summed E-state index contributed by atoms with van der Waals surface area (Å²) in [5, 5.41) is 3.72. The zero-order chi connectivity index (χ0) is 22.5. The lowest BCUT2D eigenvalue weighted by Crippen LogP contribution is -2.30. The van der Waals surface area contributed by atoms with Crippen molar-refractivity contribution in [2.75, 3.05) is 12.8 Å². The number of carbonyl (C=O) groups excluding carboxylic acids is 2. The van der Waals surface area contributed by atoms with Crippen LogP contribution in [0.15, 0.2) is 76.2 Å². The van der Waals surface area contributed by atoms with Gasteiger partial charge in [-0.25, -0.2) is 4.98 Å². The van der Waals surface area contributed by atoms with Crippen molar-refractivity contribution in [1.29, 1.82) is 0 Å². The van der Waals surface area contributed by atoms with Crippen LogP contribution >= 0.6 is 23.1 Å². The normalized spacial score (nSPS) is 11.9. The maximum Gasteiger partial charge on any atom is 0.255 e. The van der Waals surface area contributed by atoms with Crippen molar-refractivity contribution in [3.8, 4) is 0 Å². The maximum absolute atomic E-state index is 13.3. The number of thioether (sulfide) groups is 1. The molecule has 32 heavy (non-hydrogen) atoms. The Bertz CT molecular complexity index is 1190. The van der Waals surface area contributed by atoms with E-state index in [1.54, 1.807) is 41.7 Å². The number of nitrogens with zero attached hydrogens (tertiary/aromatic N) is 2. The van der Waals surface area contributed by atoms with Crippen molar-refractivity contribution in [1.82, 2.24) is 15.2 Å². The van der Waals surface area contributed by atoms with Crippen molar-refractivity contribution in [3.05, 3.63) is 83.3 Å². The molecule has 0 fully saturated rings. The first-order valence-electron chi connectivity index (χ1n) is 10.2. The van der Waals surface area contributed by atoms with Crippen molar-refractivity contribution < 1.29 is 14.0 Å². The molecule has 2 aromatic carbocycles. The van der Waals surface area contributed by atoms with Crippen LogP contribution in [0.4, 0.5) is 0 Å². The topological polar surface area (TPSA) is 75.4 Å². The van der Waals surface area contributed by atoms with Gasteiger partial charge in [0.2, 0.25) is 5.91 Å². The predicted molar refractivity (Wildman–Crippen MR) is 128 cm³/mol. The van der Waals surface area contributed by atoms with E-state index >= 15 is 0 Å². The molecule has 0 bridgehead atoms. The molecule has 4 rings (SSSR count). The first-order valence-corrected chi connectivity index (χ1v) is 12.0. The largest absolute Gasteiger partial charge is 0.467 e. The Kier molecular flexibility index (Phi) is 6.92. The summed E-state index contributed by atoms with van der Waals surface area (Å²) in [6.45, 7) is 2.32. The van der Waals surface area contributed by atoms with Gasteiger partial charge in [-0.2, -0.15) is 0 Å². The molecule has 0 saturated carbocycles. The van der Waals surface area contributed by atoms with Crippen LogP contribution in [-0.4, -0.2) is 34.5 Å². The summed E-state index contributed by atoms with van der Waals surface area (Å²) in [5.41, 5.74) is 1.52. The fourth-order valence-electron chi connectivity index (χ4n) is 3.16. The molecule has 0 aliphatic rings. The number of hydrogen-bond donors (Lipinski definition) is 1. The van der Waals surface area contributed by atoms with Crippen molar-refractivity contribution >= 4 is 45.1 Å². The Morgan fingerprint density at radius 3 is 2.69 bits per heavy atom. The minimum absolute atomic E-state index is 0.101. The van der Waals surface area contributed by atoms with Crippen LogP contribution in [0.3, 0.4) is 0 Å². The van der Waals surface area contributed by atoms with Crippen LogP contribution in [-0.2, 0) is 11.3 Å². The highest BCUT2D eigenvalue weighted by Crippen LogP contribution is 2.31. The zero-order valence-electron chi connectivity index (χ0n) is 17.8. The molecule has 4 aromatic rings. The Balaban J connectivity index is 1.42. The van der Waals surface area contributed by atoms with Gasteiger partial charge in [-0.15, -0.1) is 23.1 Å². The third kappa shape index (κ3) is 5.03. The summed E-state index contributed by atoms with van der Waals surface area (Å²) in [7, 11) is 1.79. The highest BCUT2D eigenvalue weighted by Gasteiger charge is 2.24. The fraction of sp³-hybridized carbons (Fsp3) is 0.208. The van der Waals surface area contributed by atoms with Crippen LogP contribution in [0.1, 0.15) is 34.1 Å². The number of rotatable bonds is 8. The lowest BCUT2D eigenvalue weighted by atomic mass is 10.2. The van der Waals surface area contributed by atoms with Gasteiger partial charge < -0.3 is 14.6 Å². The third-order valence-corrected chi connectivity index (χ3v) is 7.37. The van der Waals surface area contributed by atoms with E-state index < -0.39 is 0 Å². The van der Waals surface area contributed by atoms with E-state index in [1.165, 1.54) is 11.8 Å².